The van der Waals surface area contributed by atoms with Crippen molar-refractivity contribution in [3.05, 3.63) is 30.6 Å². The summed E-state index contributed by atoms with van der Waals surface area (Å²) in [4.78, 5) is 22.5. The van der Waals surface area contributed by atoms with Crippen molar-refractivity contribution in [2.24, 2.45) is 0 Å². The highest BCUT2D eigenvalue weighted by Crippen LogP contribution is 2.17. The maximum absolute atomic E-state index is 11.9. The van der Waals surface area contributed by atoms with Crippen molar-refractivity contribution in [1.29, 1.82) is 0 Å². The molecule has 41 heavy (non-hydrogen) atoms. The van der Waals surface area contributed by atoms with Crippen LogP contribution in [0.4, 0.5) is 0 Å². The molecular formula is C31H63O8Si2. The van der Waals surface area contributed by atoms with Crippen LogP contribution in [0.15, 0.2) is 23.7 Å². The highest BCUT2D eigenvalue weighted by Gasteiger charge is 2.25. The molecule has 0 bridgehead atoms. The lowest BCUT2D eigenvalue weighted by Crippen LogP contribution is -2.40. The van der Waals surface area contributed by atoms with E-state index >= 15 is 0 Å². The highest BCUT2D eigenvalue weighted by molar-refractivity contribution is 6.13. The van der Waals surface area contributed by atoms with Crippen molar-refractivity contribution >= 4 is 32.4 Å². The van der Waals surface area contributed by atoms with Crippen molar-refractivity contribution in [2.45, 2.75) is 131 Å². The minimum Gasteiger partial charge on any atom is -0.465 e. The molecule has 0 saturated carbocycles. The minimum absolute atomic E-state index is 0.211. The van der Waals surface area contributed by atoms with E-state index in [2.05, 4.69) is 27.4 Å². The van der Waals surface area contributed by atoms with Crippen molar-refractivity contribution < 1.29 is 38.0 Å². The summed E-state index contributed by atoms with van der Waals surface area (Å²) in [6.07, 6.45) is 6.90. The van der Waals surface area contributed by atoms with Gasteiger partial charge in [-0.2, -0.15) is 0 Å². The molecule has 0 aliphatic heterocycles. The van der Waals surface area contributed by atoms with Gasteiger partial charge in [-0.05, 0) is 80.6 Å². The highest BCUT2D eigenvalue weighted by atomic mass is 28.1. The second kappa shape index (κ2) is 28.5. The first kappa shape index (κ1) is 43.8. The molecule has 0 aliphatic carbocycles. The molecule has 0 N–H and O–H groups in total. The van der Waals surface area contributed by atoms with Gasteiger partial charge < -0.3 is 28.4 Å². The Bertz CT molecular complexity index is 686. The van der Waals surface area contributed by atoms with Crippen LogP contribution in [0, 0.1) is 6.92 Å². The van der Waals surface area contributed by atoms with E-state index in [1.165, 1.54) is 0 Å². The first-order valence-electron chi connectivity index (χ1n) is 15.4. The monoisotopic (exact) mass is 619 g/mol. The zero-order chi connectivity index (χ0) is 32.3. The van der Waals surface area contributed by atoms with E-state index in [-0.39, 0.29) is 29.6 Å². The van der Waals surface area contributed by atoms with Gasteiger partial charge in [0.05, 0.1) is 48.9 Å². The first-order valence-corrected chi connectivity index (χ1v) is 17.8. The molecule has 10 heteroatoms. The van der Waals surface area contributed by atoms with Gasteiger partial charge in [0.2, 0.25) is 0 Å². The lowest BCUT2D eigenvalue weighted by atomic mass is 10.3. The summed E-state index contributed by atoms with van der Waals surface area (Å²) >= 11 is 0. The molecule has 0 amide bonds. The summed E-state index contributed by atoms with van der Waals surface area (Å²) in [7, 11) is 2.00. The second-order valence-electron chi connectivity index (χ2n) is 10.4. The largest absolute Gasteiger partial charge is 0.465 e. The van der Waals surface area contributed by atoms with Gasteiger partial charge in [0.25, 0.3) is 5.95 Å². The van der Waals surface area contributed by atoms with Gasteiger partial charge in [-0.3, -0.25) is 0 Å². The van der Waals surface area contributed by atoms with Crippen LogP contribution >= 0.6 is 0 Å². The SMILES string of the molecule is C=C(C)C(=O)OCCC.CCCCOC(OCCCC)=C(C)C(=O)OCCC[SiH3].[CH2]CC([SiH3])(OC(C)C)OC(C)C. The van der Waals surface area contributed by atoms with E-state index in [0.717, 1.165) is 65.1 Å². The standard InChI is InChI=1S/C15H30O4Si.C9H21O2Si.C7H12O2/c1-4-6-9-18-15(19-10-7-5-2)13(3)14(16)17-11-8-12-20;1-6-9(12,10-7(2)3)11-8(4)5;1-4-5-9-7(8)6(2)3/h4-12H2,1-3,20H3;7-8H,1,6H2,2-5,12H3;2,4-5H2,1,3H3. The fraction of sp³-hybridized carbons (Fsp3) is 0.774. The summed E-state index contributed by atoms with van der Waals surface area (Å²) in [5.74, 6) is -0.289. The minimum atomic E-state index is -0.387. The third kappa shape index (κ3) is 28.3. The summed E-state index contributed by atoms with van der Waals surface area (Å²) < 4.78 is 32.4. The van der Waals surface area contributed by atoms with E-state index in [0.29, 0.717) is 49.9 Å². The summed E-state index contributed by atoms with van der Waals surface area (Å²) in [5.41, 5.74) is 0.511. The van der Waals surface area contributed by atoms with E-state index in [4.69, 9.17) is 28.4 Å². The number of rotatable bonds is 20. The number of esters is 2. The Morgan fingerprint density at radius 3 is 1.51 bits per heavy atom. The molecule has 0 aromatic rings. The Morgan fingerprint density at radius 2 is 1.17 bits per heavy atom. The number of ether oxygens (including phenoxy) is 6. The number of hydrogen-bond acceptors (Lipinski definition) is 8. The summed E-state index contributed by atoms with van der Waals surface area (Å²) in [6, 6.07) is 1.14. The maximum Gasteiger partial charge on any atom is 0.340 e. The molecule has 8 nitrogen and oxygen atoms in total. The first-order chi connectivity index (χ1) is 19.2. The number of carbonyl (C=O) groups is 2. The molecule has 0 fully saturated rings. The average Bonchev–Trinajstić information content (AvgIpc) is 2.90. The second-order valence-corrected chi connectivity index (χ2v) is 13.0. The van der Waals surface area contributed by atoms with Gasteiger partial charge in [-0.25, -0.2) is 9.59 Å². The van der Waals surface area contributed by atoms with Gasteiger partial charge in [0.15, 0.2) is 0 Å². The fourth-order valence-corrected chi connectivity index (χ4v) is 4.07. The topological polar surface area (TPSA) is 89.5 Å². The molecule has 243 valence electrons. The van der Waals surface area contributed by atoms with Gasteiger partial charge in [-0.15, -0.1) is 0 Å². The molecule has 0 aromatic carbocycles. The van der Waals surface area contributed by atoms with Crippen molar-refractivity contribution in [1.82, 2.24) is 0 Å². The molecule has 0 unspecified atom stereocenters. The summed E-state index contributed by atoms with van der Waals surface area (Å²) in [6.45, 7) is 27.0. The molecule has 0 heterocycles. The summed E-state index contributed by atoms with van der Waals surface area (Å²) in [5, 5.41) is 0. The van der Waals surface area contributed by atoms with Crippen LogP contribution in [-0.4, -0.2) is 76.5 Å². The van der Waals surface area contributed by atoms with Crippen molar-refractivity contribution in [3.8, 4) is 0 Å². The zero-order valence-electron chi connectivity index (χ0n) is 28.3. The van der Waals surface area contributed by atoms with Crippen LogP contribution in [0.1, 0.15) is 107 Å². The van der Waals surface area contributed by atoms with Crippen LogP contribution in [0.5, 0.6) is 0 Å². The predicted molar refractivity (Wildman–Crippen MR) is 176 cm³/mol. The lowest BCUT2D eigenvalue weighted by molar-refractivity contribution is -0.212. The van der Waals surface area contributed by atoms with E-state index in [1.54, 1.807) is 13.8 Å². The third-order valence-corrected chi connectivity index (χ3v) is 6.69. The number of hydrogen-bond donors (Lipinski definition) is 0. The average molecular weight is 620 g/mol. The smallest absolute Gasteiger partial charge is 0.340 e. The maximum atomic E-state index is 11.9. The molecule has 0 saturated heterocycles. The Morgan fingerprint density at radius 1 is 0.732 bits per heavy atom. The molecule has 0 spiro atoms. The zero-order valence-corrected chi connectivity index (χ0v) is 32.3. The fourth-order valence-electron chi connectivity index (χ4n) is 2.84. The van der Waals surface area contributed by atoms with E-state index in [1.807, 2.05) is 34.6 Å². The van der Waals surface area contributed by atoms with Crippen LogP contribution in [-0.2, 0) is 38.0 Å². The van der Waals surface area contributed by atoms with Gasteiger partial charge in [-0.1, -0.05) is 46.2 Å². The molecule has 0 atom stereocenters. The van der Waals surface area contributed by atoms with Gasteiger partial charge >= 0.3 is 11.9 Å². The Hall–Kier alpha value is -1.63. The van der Waals surface area contributed by atoms with Crippen LogP contribution in [0.3, 0.4) is 0 Å². The normalized spacial score (nSPS) is 10.7. The molecule has 0 aliphatic rings. The van der Waals surface area contributed by atoms with Gasteiger partial charge in [0, 0.05) is 15.8 Å². The Balaban J connectivity index is -0.000000583. The van der Waals surface area contributed by atoms with E-state index < -0.39 is 0 Å². The molecule has 0 aromatic heterocycles. The van der Waals surface area contributed by atoms with Crippen LogP contribution < -0.4 is 0 Å². The van der Waals surface area contributed by atoms with Crippen LogP contribution in [0.25, 0.3) is 0 Å². The van der Waals surface area contributed by atoms with Gasteiger partial charge in [0.1, 0.15) is 11.0 Å². The Labute approximate surface area is 258 Å². The number of unbranched alkanes of at least 4 members (excludes halogenated alkanes) is 2. The number of carbonyl (C=O) groups excluding carboxylic acids is 2. The molecule has 0 rings (SSSR count). The van der Waals surface area contributed by atoms with Crippen molar-refractivity contribution in [3.63, 3.8) is 0 Å². The molecular weight excluding hydrogens is 557 g/mol. The van der Waals surface area contributed by atoms with Crippen molar-refractivity contribution in [2.75, 3.05) is 26.4 Å². The van der Waals surface area contributed by atoms with E-state index in [9.17, 15) is 9.59 Å². The molecule has 1 radical (unpaired) electrons. The Kier molecular flexibility index (Phi) is 30.5. The van der Waals surface area contributed by atoms with Crippen LogP contribution in [0.2, 0.25) is 6.04 Å². The predicted octanol–water partition coefficient (Wildman–Crippen LogP) is 5.16. The quantitative estimate of drug-likeness (QED) is 0.0461. The third-order valence-electron chi connectivity index (χ3n) is 5.02. The lowest BCUT2D eigenvalue weighted by Gasteiger charge is -2.33.